The molecular formula is C28H26N4O4. The molecule has 2 aliphatic heterocycles. The second-order valence-corrected chi connectivity index (χ2v) is 8.69. The number of hydrazone groups is 1. The maximum Gasteiger partial charge on any atom is 0.244 e. The molecule has 3 aromatic rings. The van der Waals surface area contributed by atoms with Crippen LogP contribution in [0.4, 0.5) is 11.4 Å². The molecule has 0 unspecified atom stereocenters. The summed E-state index contributed by atoms with van der Waals surface area (Å²) >= 11 is 0. The van der Waals surface area contributed by atoms with Crippen LogP contribution in [0.2, 0.25) is 0 Å². The SMILES string of the molecule is COc1ccc([C@@H]2CC(c3ccccc3)=NN2C(=O)CCC(=O)N2CC(=O)Nc3ccccc32)cc1. The standard InChI is InChI=1S/C28H26N4O4/c1-36-21-13-11-20(12-14-21)25-17-23(19-7-3-2-4-8-19)30-32(25)28(35)16-15-27(34)31-18-26(33)29-22-9-5-6-10-24(22)31/h2-14,25H,15-18H2,1H3,(H,29,33)/t25-/m0/s1. The summed E-state index contributed by atoms with van der Waals surface area (Å²) in [6.07, 6.45) is 0.523. The van der Waals surface area contributed by atoms with Gasteiger partial charge in [0, 0.05) is 19.3 Å². The summed E-state index contributed by atoms with van der Waals surface area (Å²) in [6.45, 7) is -0.0709. The Bertz CT molecular complexity index is 1320. The molecule has 2 aliphatic rings. The fourth-order valence-electron chi connectivity index (χ4n) is 4.55. The lowest BCUT2D eigenvalue weighted by atomic mass is 9.98. The molecule has 36 heavy (non-hydrogen) atoms. The van der Waals surface area contributed by atoms with Gasteiger partial charge in [-0.25, -0.2) is 5.01 Å². The summed E-state index contributed by atoms with van der Waals surface area (Å²) in [6, 6.07) is 24.2. The molecule has 2 heterocycles. The Labute approximate surface area is 209 Å². The van der Waals surface area contributed by atoms with Crippen LogP contribution in [0.25, 0.3) is 0 Å². The first-order valence-corrected chi connectivity index (χ1v) is 11.8. The third kappa shape index (κ3) is 4.70. The van der Waals surface area contributed by atoms with Crippen LogP contribution in [-0.4, -0.2) is 42.1 Å². The van der Waals surface area contributed by atoms with E-state index in [-0.39, 0.29) is 43.1 Å². The molecule has 182 valence electrons. The van der Waals surface area contributed by atoms with Crippen molar-refractivity contribution >= 4 is 34.8 Å². The number of para-hydroxylation sites is 2. The number of nitrogens with one attached hydrogen (secondary N) is 1. The number of hydrogen-bond acceptors (Lipinski definition) is 5. The molecule has 3 aromatic carbocycles. The molecule has 0 fully saturated rings. The van der Waals surface area contributed by atoms with Crippen molar-refractivity contribution in [2.45, 2.75) is 25.3 Å². The average molecular weight is 483 g/mol. The molecule has 0 aliphatic carbocycles. The Morgan fingerprint density at radius 1 is 0.944 bits per heavy atom. The highest BCUT2D eigenvalue weighted by Crippen LogP contribution is 2.35. The fraction of sp³-hybridized carbons (Fsp3) is 0.214. The topological polar surface area (TPSA) is 91.3 Å². The van der Waals surface area contributed by atoms with E-state index in [0.29, 0.717) is 17.8 Å². The van der Waals surface area contributed by atoms with Crippen molar-refractivity contribution in [1.82, 2.24) is 5.01 Å². The third-order valence-corrected chi connectivity index (χ3v) is 6.40. The lowest BCUT2D eigenvalue weighted by Gasteiger charge is -2.29. The van der Waals surface area contributed by atoms with Gasteiger partial charge in [0.1, 0.15) is 12.3 Å². The molecule has 1 N–H and O–H groups in total. The molecule has 0 aromatic heterocycles. The van der Waals surface area contributed by atoms with E-state index in [9.17, 15) is 14.4 Å². The van der Waals surface area contributed by atoms with Crippen molar-refractivity contribution in [3.05, 3.63) is 90.0 Å². The quantitative estimate of drug-likeness (QED) is 0.572. The molecule has 3 amide bonds. The number of amides is 3. The monoisotopic (exact) mass is 482 g/mol. The van der Waals surface area contributed by atoms with Crippen molar-refractivity contribution in [2.75, 3.05) is 23.9 Å². The van der Waals surface area contributed by atoms with Gasteiger partial charge in [-0.1, -0.05) is 54.6 Å². The van der Waals surface area contributed by atoms with Gasteiger partial charge < -0.3 is 15.0 Å². The van der Waals surface area contributed by atoms with E-state index in [4.69, 9.17) is 4.74 Å². The zero-order valence-corrected chi connectivity index (χ0v) is 19.9. The van der Waals surface area contributed by atoms with Gasteiger partial charge in [-0.05, 0) is 35.4 Å². The van der Waals surface area contributed by atoms with Gasteiger partial charge in [0.25, 0.3) is 0 Å². The number of carbonyl (C=O) groups is 3. The smallest absolute Gasteiger partial charge is 0.244 e. The highest BCUT2D eigenvalue weighted by Gasteiger charge is 2.34. The van der Waals surface area contributed by atoms with Crippen molar-refractivity contribution in [3.63, 3.8) is 0 Å². The van der Waals surface area contributed by atoms with E-state index in [2.05, 4.69) is 10.4 Å². The van der Waals surface area contributed by atoms with Crippen LogP contribution in [0.1, 0.15) is 36.4 Å². The normalized spacial score (nSPS) is 16.8. The van der Waals surface area contributed by atoms with E-state index in [1.54, 1.807) is 25.3 Å². The van der Waals surface area contributed by atoms with Crippen LogP contribution in [0.15, 0.2) is 84.0 Å². The molecule has 1 atom stereocenters. The first-order valence-electron chi connectivity index (χ1n) is 11.8. The number of nitrogens with zero attached hydrogens (tertiary/aromatic N) is 3. The Balaban J connectivity index is 1.34. The molecule has 0 radical (unpaired) electrons. The van der Waals surface area contributed by atoms with Crippen LogP contribution in [0.3, 0.4) is 0 Å². The van der Waals surface area contributed by atoms with Crippen molar-refractivity contribution in [2.24, 2.45) is 5.10 Å². The number of hydrogen-bond donors (Lipinski definition) is 1. The molecule has 5 rings (SSSR count). The average Bonchev–Trinajstić information content (AvgIpc) is 3.37. The number of rotatable bonds is 6. The summed E-state index contributed by atoms with van der Waals surface area (Å²) in [5.41, 5.74) is 3.93. The van der Waals surface area contributed by atoms with Gasteiger partial charge >= 0.3 is 0 Å². The summed E-state index contributed by atoms with van der Waals surface area (Å²) < 4.78 is 5.27. The summed E-state index contributed by atoms with van der Waals surface area (Å²) in [5.74, 6) is -0.0529. The zero-order chi connectivity index (χ0) is 25.1. The second-order valence-electron chi connectivity index (χ2n) is 8.69. The first-order chi connectivity index (χ1) is 17.5. The Morgan fingerprint density at radius 3 is 2.39 bits per heavy atom. The number of ether oxygens (including phenoxy) is 1. The minimum Gasteiger partial charge on any atom is -0.497 e. The molecule has 0 saturated carbocycles. The largest absolute Gasteiger partial charge is 0.497 e. The van der Waals surface area contributed by atoms with Crippen molar-refractivity contribution in [3.8, 4) is 5.75 Å². The van der Waals surface area contributed by atoms with E-state index in [1.165, 1.54) is 9.91 Å². The minimum atomic E-state index is -0.282. The Morgan fingerprint density at radius 2 is 1.64 bits per heavy atom. The van der Waals surface area contributed by atoms with E-state index in [0.717, 1.165) is 22.6 Å². The maximum absolute atomic E-state index is 13.4. The van der Waals surface area contributed by atoms with Crippen LogP contribution < -0.4 is 15.0 Å². The van der Waals surface area contributed by atoms with Crippen LogP contribution >= 0.6 is 0 Å². The molecular weight excluding hydrogens is 456 g/mol. The predicted molar refractivity (Wildman–Crippen MR) is 137 cm³/mol. The van der Waals surface area contributed by atoms with E-state index in [1.807, 2.05) is 60.7 Å². The highest BCUT2D eigenvalue weighted by molar-refractivity contribution is 6.10. The van der Waals surface area contributed by atoms with Crippen LogP contribution in [0, 0.1) is 0 Å². The highest BCUT2D eigenvalue weighted by atomic mass is 16.5. The number of fused-ring (bicyclic) bond motifs is 1. The summed E-state index contributed by atoms with van der Waals surface area (Å²) in [7, 11) is 1.61. The fourth-order valence-corrected chi connectivity index (χ4v) is 4.55. The Hall–Kier alpha value is -4.46. The van der Waals surface area contributed by atoms with Crippen molar-refractivity contribution < 1.29 is 19.1 Å². The zero-order valence-electron chi connectivity index (χ0n) is 19.9. The minimum absolute atomic E-state index is 0.0165. The first kappa shape index (κ1) is 23.3. The maximum atomic E-state index is 13.4. The molecule has 0 bridgehead atoms. The summed E-state index contributed by atoms with van der Waals surface area (Å²) in [5, 5.41) is 8.94. The van der Waals surface area contributed by atoms with Gasteiger partial charge in [0.2, 0.25) is 17.7 Å². The third-order valence-electron chi connectivity index (χ3n) is 6.40. The lowest BCUT2D eigenvalue weighted by molar-refractivity contribution is -0.134. The van der Waals surface area contributed by atoms with E-state index < -0.39 is 0 Å². The Kier molecular flexibility index (Phi) is 6.49. The van der Waals surface area contributed by atoms with Crippen LogP contribution in [-0.2, 0) is 14.4 Å². The van der Waals surface area contributed by atoms with E-state index >= 15 is 0 Å². The van der Waals surface area contributed by atoms with Gasteiger partial charge in [-0.3, -0.25) is 14.4 Å². The lowest BCUT2D eigenvalue weighted by Crippen LogP contribution is -2.42. The van der Waals surface area contributed by atoms with Gasteiger partial charge in [0.15, 0.2) is 0 Å². The molecule has 8 heteroatoms. The van der Waals surface area contributed by atoms with Gasteiger partial charge in [-0.2, -0.15) is 5.10 Å². The molecule has 0 spiro atoms. The van der Waals surface area contributed by atoms with Gasteiger partial charge in [0.05, 0.1) is 30.2 Å². The number of methoxy groups -OCH3 is 1. The predicted octanol–water partition coefficient (Wildman–Crippen LogP) is 4.14. The van der Waals surface area contributed by atoms with Crippen molar-refractivity contribution in [1.29, 1.82) is 0 Å². The van der Waals surface area contributed by atoms with Gasteiger partial charge in [-0.15, -0.1) is 0 Å². The molecule has 8 nitrogen and oxygen atoms in total. The van der Waals surface area contributed by atoms with Crippen LogP contribution in [0.5, 0.6) is 5.75 Å². The number of anilines is 2. The molecule has 0 saturated heterocycles. The number of benzene rings is 3. The second kappa shape index (κ2) is 10.0. The number of carbonyl (C=O) groups excluding carboxylic acids is 3. The summed E-state index contributed by atoms with van der Waals surface area (Å²) in [4.78, 5) is 40.0.